The van der Waals surface area contributed by atoms with Crippen molar-refractivity contribution in [2.75, 3.05) is 0 Å². The first-order valence-corrected chi connectivity index (χ1v) is 3.57. The fourth-order valence-corrected chi connectivity index (χ4v) is 0.860. The molecule has 4 nitrogen and oxygen atoms in total. The van der Waals surface area contributed by atoms with Gasteiger partial charge in [0, 0.05) is 12.4 Å². The van der Waals surface area contributed by atoms with Gasteiger partial charge >= 0.3 is 5.97 Å². The smallest absolute Gasteiger partial charge is 0.320 e. The van der Waals surface area contributed by atoms with Gasteiger partial charge < -0.3 is 10.8 Å². The number of hydrogen-bond acceptors (Lipinski definition) is 3. The van der Waals surface area contributed by atoms with E-state index in [0.717, 1.165) is 5.56 Å². The number of nitrogens with zero attached hydrogens (tertiary/aromatic N) is 1. The minimum atomic E-state index is -0.987. The van der Waals surface area contributed by atoms with Crippen molar-refractivity contribution >= 4 is 5.97 Å². The van der Waals surface area contributed by atoms with Crippen LogP contribution in [0.15, 0.2) is 24.5 Å². The normalized spacial score (nSPS) is 12.4. The van der Waals surface area contributed by atoms with E-state index in [4.69, 9.17) is 10.8 Å². The van der Waals surface area contributed by atoms with Gasteiger partial charge in [-0.2, -0.15) is 0 Å². The molecule has 0 bridgehead atoms. The van der Waals surface area contributed by atoms with E-state index in [9.17, 15) is 4.79 Å². The zero-order chi connectivity index (χ0) is 8.97. The minimum absolute atomic E-state index is 0.323. The van der Waals surface area contributed by atoms with Crippen LogP contribution in [0.2, 0.25) is 0 Å². The van der Waals surface area contributed by atoms with Crippen LogP contribution in [0.25, 0.3) is 0 Å². The molecule has 1 atom stereocenters. The summed E-state index contributed by atoms with van der Waals surface area (Å²) in [5.74, 6) is -0.987. The van der Waals surface area contributed by atoms with Crippen molar-refractivity contribution in [3.63, 3.8) is 0 Å². The summed E-state index contributed by atoms with van der Waals surface area (Å²) in [6.45, 7) is 0. The lowest BCUT2D eigenvalue weighted by Gasteiger charge is -2.04. The Labute approximate surface area is 70.0 Å². The van der Waals surface area contributed by atoms with Gasteiger partial charge in [0.15, 0.2) is 0 Å². The van der Waals surface area contributed by atoms with E-state index in [0.29, 0.717) is 6.42 Å². The maximum atomic E-state index is 10.4. The van der Waals surface area contributed by atoms with Crippen LogP contribution in [-0.4, -0.2) is 22.1 Å². The molecule has 0 aliphatic rings. The van der Waals surface area contributed by atoms with Gasteiger partial charge in [0.05, 0.1) is 0 Å². The number of aromatic nitrogens is 1. The molecular formula is C8H10N2O2. The average molecular weight is 166 g/mol. The molecule has 0 saturated carbocycles. The van der Waals surface area contributed by atoms with Gasteiger partial charge in [-0.05, 0) is 18.1 Å². The molecule has 1 unspecified atom stereocenters. The first-order chi connectivity index (χ1) is 5.70. The minimum Gasteiger partial charge on any atom is -0.480 e. The molecule has 1 rings (SSSR count). The summed E-state index contributed by atoms with van der Waals surface area (Å²) in [4.78, 5) is 14.2. The molecule has 0 aliphatic carbocycles. The van der Waals surface area contributed by atoms with Gasteiger partial charge in [-0.1, -0.05) is 6.07 Å². The number of carboxylic acids is 1. The molecule has 0 amide bonds. The number of carboxylic acid groups (broad SMARTS) is 1. The van der Waals surface area contributed by atoms with Crippen molar-refractivity contribution in [1.29, 1.82) is 0 Å². The molecule has 0 radical (unpaired) electrons. The molecule has 0 aromatic carbocycles. The van der Waals surface area contributed by atoms with Crippen LogP contribution in [0, 0.1) is 0 Å². The fraction of sp³-hybridized carbons (Fsp3) is 0.250. The quantitative estimate of drug-likeness (QED) is 0.664. The van der Waals surface area contributed by atoms with E-state index in [2.05, 4.69) is 4.98 Å². The molecule has 4 heteroatoms. The highest BCUT2D eigenvalue weighted by atomic mass is 16.4. The highest BCUT2D eigenvalue weighted by Crippen LogP contribution is 1.99. The fourth-order valence-electron chi connectivity index (χ4n) is 0.860. The molecule has 0 spiro atoms. The van der Waals surface area contributed by atoms with Crippen LogP contribution in [0.3, 0.4) is 0 Å². The molecule has 1 heterocycles. The van der Waals surface area contributed by atoms with Crippen molar-refractivity contribution in [3.8, 4) is 0 Å². The summed E-state index contributed by atoms with van der Waals surface area (Å²) in [6.07, 6.45) is 3.57. The Morgan fingerprint density at radius 1 is 1.75 bits per heavy atom. The highest BCUT2D eigenvalue weighted by molar-refractivity contribution is 5.73. The lowest BCUT2D eigenvalue weighted by Crippen LogP contribution is -2.32. The van der Waals surface area contributed by atoms with Gasteiger partial charge in [-0.3, -0.25) is 9.78 Å². The van der Waals surface area contributed by atoms with E-state index < -0.39 is 12.0 Å². The van der Waals surface area contributed by atoms with E-state index in [1.807, 2.05) is 0 Å². The lowest BCUT2D eigenvalue weighted by atomic mass is 10.1. The molecule has 1 aromatic rings. The zero-order valence-electron chi connectivity index (χ0n) is 6.47. The Hall–Kier alpha value is -1.42. The van der Waals surface area contributed by atoms with E-state index in [-0.39, 0.29) is 0 Å². The number of nitrogens with two attached hydrogens (primary N) is 1. The van der Waals surface area contributed by atoms with Gasteiger partial charge in [-0.25, -0.2) is 0 Å². The Morgan fingerprint density at radius 3 is 3.00 bits per heavy atom. The van der Waals surface area contributed by atoms with Gasteiger partial charge in [0.1, 0.15) is 6.04 Å². The van der Waals surface area contributed by atoms with Crippen molar-refractivity contribution in [2.45, 2.75) is 12.5 Å². The Kier molecular flexibility index (Phi) is 2.76. The molecule has 12 heavy (non-hydrogen) atoms. The largest absolute Gasteiger partial charge is 0.480 e. The molecule has 1 aromatic heterocycles. The monoisotopic (exact) mass is 166 g/mol. The van der Waals surface area contributed by atoms with Crippen molar-refractivity contribution in [1.82, 2.24) is 4.98 Å². The first-order valence-electron chi connectivity index (χ1n) is 3.57. The summed E-state index contributed by atoms with van der Waals surface area (Å²) in [6, 6.07) is 2.72. The zero-order valence-corrected chi connectivity index (χ0v) is 6.47. The third kappa shape index (κ3) is 2.32. The van der Waals surface area contributed by atoms with Crippen LogP contribution in [0.4, 0.5) is 0 Å². The lowest BCUT2D eigenvalue weighted by molar-refractivity contribution is -0.138. The number of pyridine rings is 1. The molecule has 0 aliphatic heterocycles. The van der Waals surface area contributed by atoms with Gasteiger partial charge in [0.2, 0.25) is 0 Å². The van der Waals surface area contributed by atoms with Crippen molar-refractivity contribution < 1.29 is 9.90 Å². The standard InChI is InChI=1S/C8H10N2O2/c9-7(8(11)12)4-6-2-1-3-10-5-6/h1-3,5,7H,4,9H2,(H,11,12). The summed E-state index contributed by atoms with van der Waals surface area (Å²) in [7, 11) is 0. The van der Waals surface area contributed by atoms with Crippen LogP contribution in [0.1, 0.15) is 5.56 Å². The number of aliphatic carboxylic acids is 1. The number of carbonyl (C=O) groups is 1. The Bertz CT molecular complexity index is 261. The Balaban J connectivity index is 2.58. The molecular weight excluding hydrogens is 156 g/mol. The second-order valence-corrected chi connectivity index (χ2v) is 2.51. The number of hydrogen-bond donors (Lipinski definition) is 2. The molecule has 3 N–H and O–H groups in total. The summed E-state index contributed by atoms with van der Waals surface area (Å²) in [5, 5.41) is 8.50. The van der Waals surface area contributed by atoms with Crippen LogP contribution in [-0.2, 0) is 11.2 Å². The average Bonchev–Trinajstić information content (AvgIpc) is 2.06. The predicted molar refractivity (Wildman–Crippen MR) is 43.6 cm³/mol. The molecule has 64 valence electrons. The molecule has 0 fully saturated rings. The second kappa shape index (κ2) is 3.82. The van der Waals surface area contributed by atoms with E-state index in [1.54, 1.807) is 24.5 Å². The summed E-state index contributed by atoms with van der Waals surface area (Å²) < 4.78 is 0. The molecule has 0 saturated heterocycles. The number of rotatable bonds is 3. The van der Waals surface area contributed by atoms with E-state index >= 15 is 0 Å². The SMILES string of the molecule is NC(Cc1cccnc1)C(=O)O. The van der Waals surface area contributed by atoms with Crippen LogP contribution < -0.4 is 5.73 Å². The van der Waals surface area contributed by atoms with Crippen molar-refractivity contribution in [3.05, 3.63) is 30.1 Å². The maximum absolute atomic E-state index is 10.4. The maximum Gasteiger partial charge on any atom is 0.320 e. The first kappa shape index (κ1) is 8.67. The van der Waals surface area contributed by atoms with Gasteiger partial charge in [0.25, 0.3) is 0 Å². The van der Waals surface area contributed by atoms with Gasteiger partial charge in [-0.15, -0.1) is 0 Å². The summed E-state index contributed by atoms with van der Waals surface area (Å²) >= 11 is 0. The third-order valence-corrected chi connectivity index (χ3v) is 1.50. The van der Waals surface area contributed by atoms with Crippen LogP contribution in [0.5, 0.6) is 0 Å². The van der Waals surface area contributed by atoms with Crippen molar-refractivity contribution in [2.24, 2.45) is 5.73 Å². The van der Waals surface area contributed by atoms with E-state index in [1.165, 1.54) is 0 Å². The predicted octanol–water partition coefficient (Wildman–Crippen LogP) is 0.0360. The second-order valence-electron chi connectivity index (χ2n) is 2.51. The summed E-state index contributed by atoms with van der Waals surface area (Å²) in [5.41, 5.74) is 6.16. The topological polar surface area (TPSA) is 76.2 Å². The Morgan fingerprint density at radius 2 is 2.50 bits per heavy atom. The highest BCUT2D eigenvalue weighted by Gasteiger charge is 2.11. The third-order valence-electron chi connectivity index (χ3n) is 1.50. The van der Waals surface area contributed by atoms with Crippen LogP contribution >= 0.6 is 0 Å².